The van der Waals surface area contributed by atoms with Gasteiger partial charge in [0, 0.05) is 0 Å². The predicted octanol–water partition coefficient (Wildman–Crippen LogP) is -9.31. The Balaban J connectivity index is -0.0000000329. The van der Waals surface area contributed by atoms with Crippen molar-refractivity contribution in [2.24, 2.45) is 0 Å². The zero-order valence-corrected chi connectivity index (χ0v) is 11.6. The molecule has 0 bridgehead atoms. The molecule has 104 valence electrons. The Labute approximate surface area is 120 Å². The van der Waals surface area contributed by atoms with Crippen molar-refractivity contribution in [1.82, 2.24) is 0 Å². The van der Waals surface area contributed by atoms with Gasteiger partial charge in [-0.25, -0.2) is 0 Å². The first-order chi connectivity index (χ1) is 7.49. The summed E-state index contributed by atoms with van der Waals surface area (Å²) in [6.07, 6.45) is 0. The fourth-order valence-electron chi connectivity index (χ4n) is 0. The Morgan fingerprint density at radius 2 is 0.632 bits per heavy atom. The molecular weight excluding hydrogens is 254 g/mol. The molecule has 0 aliphatic carbocycles. The molecule has 0 saturated heterocycles. The smallest absolute Gasteiger partial charge is 0.896 e. The van der Waals surface area contributed by atoms with Crippen LogP contribution in [0.2, 0.25) is 0 Å². The predicted molar refractivity (Wildman–Crippen MR) is 65.6 cm³/mol. The Bertz CT molecular complexity index is 111. The van der Waals surface area contributed by atoms with Crippen LogP contribution >= 0.6 is 0 Å². The van der Waals surface area contributed by atoms with Crippen LogP contribution in [0.3, 0.4) is 0 Å². The Morgan fingerprint density at radius 1 is 0.579 bits per heavy atom. The van der Waals surface area contributed by atoms with E-state index in [4.69, 9.17) is 40.4 Å². The molecule has 0 spiro atoms. The maximum atomic E-state index is 9.10. The van der Waals surface area contributed by atoms with Gasteiger partial charge in [0.15, 0.2) is 0 Å². The fraction of sp³-hybridized carbons (Fsp3) is 1.00. The first-order valence-electron chi connectivity index (χ1n) is 4.43. The van der Waals surface area contributed by atoms with Gasteiger partial charge in [0.1, 0.15) is 0 Å². The van der Waals surface area contributed by atoms with Gasteiger partial charge in [-0.15, -0.1) is 23.1 Å². The van der Waals surface area contributed by atoms with Gasteiger partial charge in [0.25, 0.3) is 0 Å². The molecule has 0 aromatic carbocycles. The molecule has 0 aromatic heterocycles. The summed E-state index contributed by atoms with van der Waals surface area (Å²) in [4.78, 5) is 0. The van der Waals surface area contributed by atoms with Gasteiger partial charge in [-0.1, -0.05) is 0 Å². The normalized spacial score (nSPS) is 8.21. The van der Waals surface area contributed by atoms with Crippen molar-refractivity contribution in [3.8, 4) is 0 Å². The van der Waals surface area contributed by atoms with Crippen molar-refractivity contribution in [1.29, 1.82) is 0 Å². The van der Waals surface area contributed by atoms with Crippen LogP contribution in [-0.2, 0) is 0 Å². The van der Waals surface area contributed by atoms with Gasteiger partial charge in [-0.3, -0.25) is 0 Å². The third-order valence-corrected chi connectivity index (χ3v) is 1.50. The third-order valence-electron chi connectivity index (χ3n) is 1.50. The minimum Gasteiger partial charge on any atom is -0.896 e. The standard InChI is InChI=1S/C6H14O2.3BHO2.2B/c1-5(2,7)6(3,4)8;3*2-1-3;;/h7-8H,1-4H3;3*1H;;/q;3*-2;2*+3. The van der Waals surface area contributed by atoms with E-state index >= 15 is 0 Å². The summed E-state index contributed by atoms with van der Waals surface area (Å²) in [5.74, 6) is 0. The minimum absolute atomic E-state index is 0. The summed E-state index contributed by atoms with van der Waals surface area (Å²) < 4.78 is 0. The summed E-state index contributed by atoms with van der Waals surface area (Å²) in [7, 11) is -3.75. The molecule has 0 heterocycles. The fourth-order valence-corrected chi connectivity index (χ4v) is 0. The van der Waals surface area contributed by atoms with Crippen molar-refractivity contribution >= 4 is 39.9 Å². The average molecular weight is 271 g/mol. The molecule has 0 rings (SSSR count). The summed E-state index contributed by atoms with van der Waals surface area (Å²) in [5, 5.41) is 68.5. The zero-order valence-electron chi connectivity index (χ0n) is 11.6. The van der Waals surface area contributed by atoms with Gasteiger partial charge in [0.2, 0.25) is 0 Å². The van der Waals surface area contributed by atoms with Crippen LogP contribution in [0.5, 0.6) is 0 Å². The molecule has 0 aliphatic rings. The summed E-state index contributed by atoms with van der Waals surface area (Å²) in [6.45, 7) is 6.31. The monoisotopic (exact) mass is 272 g/mol. The SMILES string of the molecule is CC(C)(O)C(C)(C)O.[B+3].[B+3].[O-]B[O-].[O-]B[O-].[O-]B[O-]. The van der Waals surface area contributed by atoms with Crippen molar-refractivity contribution in [3.05, 3.63) is 0 Å². The second-order valence-corrected chi connectivity index (χ2v) is 3.47. The van der Waals surface area contributed by atoms with Crippen molar-refractivity contribution in [3.63, 3.8) is 0 Å². The maximum absolute atomic E-state index is 9.10. The molecule has 0 aromatic rings. The van der Waals surface area contributed by atoms with Crippen molar-refractivity contribution in [2.75, 3.05) is 0 Å². The largest absolute Gasteiger partial charge is 3.00 e. The summed E-state index contributed by atoms with van der Waals surface area (Å²) in [5.41, 5.74) is -2.01. The van der Waals surface area contributed by atoms with Crippen molar-refractivity contribution < 1.29 is 40.4 Å². The van der Waals surface area contributed by atoms with Crippen LogP contribution in [-0.4, -0.2) is 61.3 Å². The molecule has 0 amide bonds. The van der Waals surface area contributed by atoms with E-state index in [0.717, 1.165) is 0 Å². The second-order valence-electron chi connectivity index (χ2n) is 3.47. The molecule has 0 saturated carbocycles. The van der Waals surface area contributed by atoms with E-state index in [2.05, 4.69) is 0 Å². The first kappa shape index (κ1) is 36.4. The van der Waals surface area contributed by atoms with Crippen LogP contribution in [0.4, 0.5) is 0 Å². The van der Waals surface area contributed by atoms with E-state index in [0.29, 0.717) is 0 Å². The van der Waals surface area contributed by atoms with Crippen LogP contribution < -0.4 is 30.1 Å². The molecule has 8 nitrogen and oxygen atoms in total. The molecule has 0 fully saturated rings. The van der Waals surface area contributed by atoms with Gasteiger partial charge >= 0.3 is 16.8 Å². The van der Waals surface area contributed by atoms with E-state index in [1.54, 1.807) is 27.7 Å². The molecule has 0 radical (unpaired) electrons. The van der Waals surface area contributed by atoms with Gasteiger partial charge in [0.05, 0.1) is 11.2 Å². The zero-order chi connectivity index (χ0) is 15.1. The van der Waals surface area contributed by atoms with E-state index in [9.17, 15) is 0 Å². The third kappa shape index (κ3) is 56.9. The van der Waals surface area contributed by atoms with Gasteiger partial charge in [-0.05, 0) is 27.7 Å². The van der Waals surface area contributed by atoms with Crippen LogP contribution in [0, 0.1) is 0 Å². The van der Waals surface area contributed by atoms with Crippen LogP contribution in [0.15, 0.2) is 0 Å². The summed E-state index contributed by atoms with van der Waals surface area (Å²) in [6, 6.07) is 0. The van der Waals surface area contributed by atoms with E-state index < -0.39 is 34.3 Å². The molecule has 0 aliphatic heterocycles. The summed E-state index contributed by atoms with van der Waals surface area (Å²) >= 11 is 0. The van der Waals surface area contributed by atoms with E-state index in [1.165, 1.54) is 0 Å². The van der Waals surface area contributed by atoms with Crippen molar-refractivity contribution in [2.45, 2.75) is 38.9 Å². The Morgan fingerprint density at radius 3 is 0.632 bits per heavy atom. The maximum Gasteiger partial charge on any atom is 3.00 e. The number of aliphatic hydroxyl groups is 2. The number of hydrogen-bond acceptors (Lipinski definition) is 8. The van der Waals surface area contributed by atoms with Crippen LogP contribution in [0.1, 0.15) is 27.7 Å². The first-order valence-corrected chi connectivity index (χ1v) is 4.43. The molecule has 0 unspecified atom stereocenters. The van der Waals surface area contributed by atoms with E-state index in [1.807, 2.05) is 0 Å². The average Bonchev–Trinajstić information content (AvgIpc) is 2.03. The quantitative estimate of drug-likeness (QED) is 0.441. The van der Waals surface area contributed by atoms with Crippen LogP contribution in [0.25, 0.3) is 0 Å². The minimum atomic E-state index is -1.25. The molecule has 19 heavy (non-hydrogen) atoms. The van der Waals surface area contributed by atoms with Gasteiger partial charge < -0.3 is 40.4 Å². The molecular formula is C6H17B5O8. The second kappa shape index (κ2) is 23.1. The molecule has 0 atom stereocenters. The topological polar surface area (TPSA) is 179 Å². The Kier molecular flexibility index (Phi) is 44.3. The Hall–Kier alpha value is 0.00468. The van der Waals surface area contributed by atoms with Gasteiger partial charge in [-0.2, -0.15) is 0 Å². The van der Waals surface area contributed by atoms with E-state index in [-0.39, 0.29) is 16.8 Å². The molecule has 2 N–H and O–H groups in total. The molecule has 13 heteroatoms. The number of hydrogen-bond donors (Lipinski definition) is 2. The number of rotatable bonds is 1.